The summed E-state index contributed by atoms with van der Waals surface area (Å²) in [5, 5.41) is 3.88. The molecule has 2 aromatic heterocycles. The Bertz CT molecular complexity index is 1040. The highest BCUT2D eigenvalue weighted by molar-refractivity contribution is 8.00. The molecule has 1 N–H and O–H groups in total. The number of rotatable bonds is 6. The van der Waals surface area contributed by atoms with Gasteiger partial charge in [0.2, 0.25) is 0 Å². The molecular weight excluding hydrogens is 378 g/mol. The smallest absolute Gasteiger partial charge is 0.271 e. The van der Waals surface area contributed by atoms with E-state index in [1.807, 2.05) is 30.3 Å². The van der Waals surface area contributed by atoms with Crippen LogP contribution in [0.3, 0.4) is 0 Å². The van der Waals surface area contributed by atoms with Gasteiger partial charge in [0.15, 0.2) is 4.34 Å². The number of carbonyl (C=O) groups is 1. The van der Waals surface area contributed by atoms with Crippen LogP contribution in [0, 0.1) is 0 Å². The molecule has 0 spiro atoms. The predicted molar refractivity (Wildman–Crippen MR) is 109 cm³/mol. The van der Waals surface area contributed by atoms with Crippen molar-refractivity contribution in [3.8, 4) is 0 Å². The van der Waals surface area contributed by atoms with Gasteiger partial charge in [0.05, 0.1) is 22.7 Å². The van der Waals surface area contributed by atoms with Gasteiger partial charge in [0.1, 0.15) is 5.76 Å². The van der Waals surface area contributed by atoms with Crippen molar-refractivity contribution in [2.45, 2.75) is 10.1 Å². The first-order valence-electron chi connectivity index (χ1n) is 8.22. The Balaban J connectivity index is 1.33. The number of aromatic nitrogens is 1. The van der Waals surface area contributed by atoms with E-state index in [0.717, 1.165) is 21.2 Å². The summed E-state index contributed by atoms with van der Waals surface area (Å²) in [4.78, 5) is 16.7. The molecule has 2 heterocycles. The maximum atomic E-state index is 12.1. The highest BCUT2D eigenvalue weighted by atomic mass is 32.2. The van der Waals surface area contributed by atoms with Crippen LogP contribution in [0.5, 0.6) is 0 Å². The number of nitrogens with zero attached hydrogens (tertiary/aromatic N) is 2. The van der Waals surface area contributed by atoms with E-state index < -0.39 is 0 Å². The van der Waals surface area contributed by atoms with Crippen LogP contribution in [0.15, 0.2) is 80.8 Å². The molecule has 0 unspecified atom stereocenters. The first-order valence-corrected chi connectivity index (χ1v) is 10.0. The molecule has 1 amide bonds. The van der Waals surface area contributed by atoms with Crippen molar-refractivity contribution in [2.75, 3.05) is 0 Å². The lowest BCUT2D eigenvalue weighted by atomic mass is 10.1. The number of hydrogen-bond acceptors (Lipinski definition) is 6. The van der Waals surface area contributed by atoms with Gasteiger partial charge in [-0.3, -0.25) is 4.79 Å². The number of nitrogens with one attached hydrogen (secondary N) is 1. The largest absolute Gasteiger partial charge is 0.463 e. The minimum atomic E-state index is -0.261. The van der Waals surface area contributed by atoms with Crippen LogP contribution in [-0.4, -0.2) is 17.1 Å². The standard InChI is InChI=1S/C20H15N3O2S2/c24-19(23-21-12-16-4-3-11-25-16)15-9-7-14(8-10-15)13-26-20-22-17-5-1-2-6-18(17)27-20/h1-12H,13H2,(H,23,24)/b21-12+. The van der Waals surface area contributed by atoms with Gasteiger partial charge < -0.3 is 4.42 Å². The van der Waals surface area contributed by atoms with Crippen molar-refractivity contribution in [2.24, 2.45) is 5.10 Å². The molecule has 0 radical (unpaired) electrons. The fraction of sp³-hybridized carbons (Fsp3) is 0.0500. The topological polar surface area (TPSA) is 67.5 Å². The summed E-state index contributed by atoms with van der Waals surface area (Å²) in [6.45, 7) is 0. The Hall–Kier alpha value is -2.90. The van der Waals surface area contributed by atoms with E-state index >= 15 is 0 Å². The SMILES string of the molecule is O=C(N/N=C/c1ccco1)c1ccc(CSc2nc3ccccc3s2)cc1. The van der Waals surface area contributed by atoms with Gasteiger partial charge in [-0.05, 0) is 42.0 Å². The molecule has 0 fully saturated rings. The van der Waals surface area contributed by atoms with Crippen LogP contribution in [0.1, 0.15) is 21.7 Å². The number of thioether (sulfide) groups is 1. The van der Waals surface area contributed by atoms with E-state index in [1.165, 1.54) is 10.9 Å². The summed E-state index contributed by atoms with van der Waals surface area (Å²) >= 11 is 3.40. The highest BCUT2D eigenvalue weighted by Crippen LogP contribution is 2.31. The number of hydrogen-bond donors (Lipinski definition) is 1. The van der Waals surface area contributed by atoms with Crippen LogP contribution in [0.25, 0.3) is 10.2 Å². The predicted octanol–water partition coefficient (Wildman–Crippen LogP) is 4.95. The molecule has 4 aromatic rings. The molecule has 5 nitrogen and oxygen atoms in total. The number of carbonyl (C=O) groups excluding carboxylic acids is 1. The average Bonchev–Trinajstić information content (AvgIpc) is 3.36. The van der Waals surface area contributed by atoms with Crippen molar-refractivity contribution in [3.63, 3.8) is 0 Å². The molecular formula is C20H15N3O2S2. The van der Waals surface area contributed by atoms with Crippen LogP contribution in [0.4, 0.5) is 0 Å². The van der Waals surface area contributed by atoms with Gasteiger partial charge >= 0.3 is 0 Å². The van der Waals surface area contributed by atoms with Crippen molar-refractivity contribution in [3.05, 3.63) is 83.8 Å². The van der Waals surface area contributed by atoms with Gasteiger partial charge in [0.25, 0.3) is 5.91 Å². The lowest BCUT2D eigenvalue weighted by Gasteiger charge is -2.02. The van der Waals surface area contributed by atoms with Crippen LogP contribution in [-0.2, 0) is 5.75 Å². The molecule has 7 heteroatoms. The number of furan rings is 1. The van der Waals surface area contributed by atoms with E-state index in [2.05, 4.69) is 21.6 Å². The summed E-state index contributed by atoms with van der Waals surface area (Å²) in [6.07, 6.45) is 3.01. The van der Waals surface area contributed by atoms with Crippen LogP contribution < -0.4 is 5.43 Å². The Morgan fingerprint density at radius 2 is 2.00 bits per heavy atom. The third-order valence-corrected chi connectivity index (χ3v) is 6.00. The van der Waals surface area contributed by atoms with Gasteiger partial charge in [-0.2, -0.15) is 5.10 Å². The molecule has 0 saturated carbocycles. The molecule has 0 atom stereocenters. The number of fused-ring (bicyclic) bond motifs is 1. The fourth-order valence-electron chi connectivity index (χ4n) is 2.39. The normalized spacial score (nSPS) is 11.3. The second kappa shape index (κ2) is 8.20. The van der Waals surface area contributed by atoms with Crippen LogP contribution >= 0.6 is 23.1 Å². The first kappa shape index (κ1) is 17.5. The molecule has 0 aliphatic rings. The maximum absolute atomic E-state index is 12.1. The summed E-state index contributed by atoms with van der Waals surface area (Å²) in [7, 11) is 0. The Morgan fingerprint density at radius 1 is 1.15 bits per heavy atom. The molecule has 134 valence electrons. The van der Waals surface area contributed by atoms with Crippen molar-refractivity contribution < 1.29 is 9.21 Å². The van der Waals surface area contributed by atoms with Crippen molar-refractivity contribution in [1.29, 1.82) is 0 Å². The second-order valence-electron chi connectivity index (χ2n) is 5.65. The number of hydrazone groups is 1. The van der Waals surface area contributed by atoms with Crippen LogP contribution in [0.2, 0.25) is 0 Å². The van der Waals surface area contributed by atoms with Gasteiger partial charge in [0, 0.05) is 11.3 Å². The van der Waals surface area contributed by atoms with E-state index in [-0.39, 0.29) is 5.91 Å². The van der Waals surface area contributed by atoms with E-state index in [1.54, 1.807) is 53.6 Å². The Kier molecular flexibility index (Phi) is 5.32. The third kappa shape index (κ3) is 4.45. The molecule has 2 aromatic carbocycles. The molecule has 0 aliphatic heterocycles. The van der Waals surface area contributed by atoms with Crippen molar-refractivity contribution >= 4 is 45.4 Å². The zero-order valence-corrected chi connectivity index (χ0v) is 15.8. The first-order chi connectivity index (χ1) is 13.3. The maximum Gasteiger partial charge on any atom is 0.271 e. The fourth-order valence-corrected chi connectivity index (χ4v) is 4.42. The second-order valence-corrected chi connectivity index (χ2v) is 7.90. The monoisotopic (exact) mass is 393 g/mol. The van der Waals surface area contributed by atoms with Crippen molar-refractivity contribution in [1.82, 2.24) is 10.4 Å². The van der Waals surface area contributed by atoms with E-state index in [9.17, 15) is 4.79 Å². The number of para-hydroxylation sites is 1. The highest BCUT2D eigenvalue weighted by Gasteiger charge is 2.06. The van der Waals surface area contributed by atoms with Gasteiger partial charge in [-0.25, -0.2) is 10.4 Å². The zero-order chi connectivity index (χ0) is 18.5. The Labute approximate surface area is 164 Å². The van der Waals surface area contributed by atoms with Gasteiger partial charge in [-0.1, -0.05) is 36.0 Å². The lowest BCUT2D eigenvalue weighted by molar-refractivity contribution is 0.0955. The molecule has 4 rings (SSSR count). The molecule has 0 saturated heterocycles. The molecule has 0 aliphatic carbocycles. The number of benzene rings is 2. The Morgan fingerprint density at radius 3 is 2.78 bits per heavy atom. The van der Waals surface area contributed by atoms with E-state index in [4.69, 9.17) is 4.42 Å². The number of amides is 1. The minimum absolute atomic E-state index is 0.261. The summed E-state index contributed by atoms with van der Waals surface area (Å²) < 4.78 is 7.36. The van der Waals surface area contributed by atoms with E-state index in [0.29, 0.717) is 11.3 Å². The quantitative estimate of drug-likeness (QED) is 0.286. The lowest BCUT2D eigenvalue weighted by Crippen LogP contribution is -2.17. The minimum Gasteiger partial charge on any atom is -0.463 e. The average molecular weight is 393 g/mol. The third-order valence-electron chi connectivity index (χ3n) is 3.75. The zero-order valence-electron chi connectivity index (χ0n) is 14.2. The summed E-state index contributed by atoms with van der Waals surface area (Å²) in [5.74, 6) is 1.12. The van der Waals surface area contributed by atoms with Gasteiger partial charge in [-0.15, -0.1) is 11.3 Å². The summed E-state index contributed by atoms with van der Waals surface area (Å²) in [5.41, 5.74) is 5.21. The summed E-state index contributed by atoms with van der Waals surface area (Å²) in [6, 6.07) is 19.1. The molecule has 0 bridgehead atoms. The number of thiazole rings is 1. The molecule has 27 heavy (non-hydrogen) atoms.